The van der Waals surface area contributed by atoms with Crippen molar-refractivity contribution < 1.29 is 19.1 Å². The van der Waals surface area contributed by atoms with Crippen LogP contribution in [0.15, 0.2) is 42.5 Å². The molecule has 1 N–H and O–H groups in total. The summed E-state index contributed by atoms with van der Waals surface area (Å²) in [6.45, 7) is 3.09. The Hall–Kier alpha value is -2.53. The van der Waals surface area contributed by atoms with Crippen LogP contribution < -0.4 is 14.8 Å². The van der Waals surface area contributed by atoms with E-state index in [9.17, 15) is 9.59 Å². The first-order valence-corrected chi connectivity index (χ1v) is 7.70. The molecule has 0 saturated carbocycles. The molecule has 0 spiro atoms. The summed E-state index contributed by atoms with van der Waals surface area (Å²) in [6, 6.07) is 11.7. The summed E-state index contributed by atoms with van der Waals surface area (Å²) < 4.78 is 10.9. The number of ether oxygens (including phenoxy) is 2. The zero-order valence-corrected chi connectivity index (χ0v) is 14.4. The first-order chi connectivity index (χ1) is 11.4. The van der Waals surface area contributed by atoms with E-state index in [4.69, 9.17) is 21.1 Å². The number of amides is 1. The molecule has 0 unspecified atom stereocenters. The van der Waals surface area contributed by atoms with E-state index in [1.807, 2.05) is 0 Å². The van der Waals surface area contributed by atoms with Crippen molar-refractivity contribution in [1.29, 1.82) is 0 Å². The van der Waals surface area contributed by atoms with Crippen LogP contribution in [-0.2, 0) is 4.79 Å². The van der Waals surface area contributed by atoms with E-state index in [0.717, 1.165) is 0 Å². The van der Waals surface area contributed by atoms with Gasteiger partial charge in [0.05, 0.1) is 7.11 Å². The number of carbonyl (C=O) groups excluding carboxylic acids is 2. The van der Waals surface area contributed by atoms with Crippen LogP contribution in [-0.4, -0.2) is 24.9 Å². The summed E-state index contributed by atoms with van der Waals surface area (Å²) in [6.07, 6.45) is -0.763. The van der Waals surface area contributed by atoms with Crippen LogP contribution >= 0.6 is 11.6 Å². The molecule has 2 aromatic rings. The molecule has 1 atom stereocenters. The van der Waals surface area contributed by atoms with Crippen molar-refractivity contribution in [2.24, 2.45) is 0 Å². The summed E-state index contributed by atoms with van der Waals surface area (Å²) in [5.74, 6) is 0.378. The standard InChI is InChI=1S/C18H18ClNO4/c1-11(21)13-7-8-16(17(9-13)23-3)24-12(2)18(22)20-15-6-4-5-14(19)10-15/h4-10,12H,1-3H3,(H,20,22)/t12-/m0/s1. The molecule has 126 valence electrons. The molecule has 0 aliphatic carbocycles. The smallest absolute Gasteiger partial charge is 0.265 e. The van der Waals surface area contributed by atoms with Gasteiger partial charge in [-0.05, 0) is 50.2 Å². The minimum atomic E-state index is -0.763. The maximum absolute atomic E-state index is 12.2. The Morgan fingerprint density at radius 2 is 1.88 bits per heavy atom. The summed E-state index contributed by atoms with van der Waals surface area (Å²) >= 11 is 5.89. The fourth-order valence-electron chi connectivity index (χ4n) is 2.04. The zero-order valence-electron chi connectivity index (χ0n) is 13.6. The summed E-state index contributed by atoms with van der Waals surface area (Å²) in [5, 5.41) is 3.26. The van der Waals surface area contributed by atoms with Gasteiger partial charge in [-0.2, -0.15) is 0 Å². The van der Waals surface area contributed by atoms with Crippen LogP contribution in [0.1, 0.15) is 24.2 Å². The second-order valence-corrected chi connectivity index (χ2v) is 5.62. The molecular weight excluding hydrogens is 330 g/mol. The molecule has 0 saturated heterocycles. The number of anilines is 1. The number of Topliss-reactive ketones (excluding diaryl/α,β-unsaturated/α-hetero) is 1. The number of ketones is 1. The van der Waals surface area contributed by atoms with E-state index in [2.05, 4.69) is 5.32 Å². The molecule has 24 heavy (non-hydrogen) atoms. The molecule has 0 fully saturated rings. The van der Waals surface area contributed by atoms with Gasteiger partial charge in [0, 0.05) is 16.3 Å². The Morgan fingerprint density at radius 1 is 1.12 bits per heavy atom. The van der Waals surface area contributed by atoms with Crippen molar-refractivity contribution in [3.63, 3.8) is 0 Å². The van der Waals surface area contributed by atoms with Crippen molar-refractivity contribution in [3.05, 3.63) is 53.1 Å². The zero-order chi connectivity index (χ0) is 17.7. The molecular formula is C18H18ClNO4. The lowest BCUT2D eigenvalue weighted by Crippen LogP contribution is -2.30. The lowest BCUT2D eigenvalue weighted by Gasteiger charge is -2.17. The van der Waals surface area contributed by atoms with Gasteiger partial charge < -0.3 is 14.8 Å². The van der Waals surface area contributed by atoms with E-state index in [0.29, 0.717) is 27.8 Å². The van der Waals surface area contributed by atoms with Gasteiger partial charge in [-0.15, -0.1) is 0 Å². The highest BCUT2D eigenvalue weighted by atomic mass is 35.5. The predicted octanol–water partition coefficient (Wildman–Crippen LogP) is 3.96. The topological polar surface area (TPSA) is 64.6 Å². The molecule has 2 aromatic carbocycles. The van der Waals surface area contributed by atoms with Crippen LogP contribution in [0.5, 0.6) is 11.5 Å². The number of hydrogen-bond donors (Lipinski definition) is 1. The van der Waals surface area contributed by atoms with E-state index >= 15 is 0 Å². The molecule has 5 nitrogen and oxygen atoms in total. The average Bonchev–Trinajstić information content (AvgIpc) is 2.54. The molecule has 6 heteroatoms. The third-order valence-corrected chi connectivity index (χ3v) is 3.57. The number of halogens is 1. The van der Waals surface area contributed by atoms with Crippen molar-refractivity contribution in [2.75, 3.05) is 12.4 Å². The highest BCUT2D eigenvalue weighted by Gasteiger charge is 2.18. The van der Waals surface area contributed by atoms with Gasteiger partial charge in [0.15, 0.2) is 23.4 Å². The van der Waals surface area contributed by atoms with Gasteiger partial charge in [0.2, 0.25) is 0 Å². The van der Waals surface area contributed by atoms with Crippen LogP contribution in [0.3, 0.4) is 0 Å². The number of carbonyl (C=O) groups is 2. The lowest BCUT2D eigenvalue weighted by molar-refractivity contribution is -0.122. The second-order valence-electron chi connectivity index (χ2n) is 5.18. The second kappa shape index (κ2) is 7.84. The lowest BCUT2D eigenvalue weighted by atomic mass is 10.1. The van der Waals surface area contributed by atoms with Crippen LogP contribution in [0.4, 0.5) is 5.69 Å². The van der Waals surface area contributed by atoms with E-state index in [1.54, 1.807) is 49.4 Å². The summed E-state index contributed by atoms with van der Waals surface area (Å²) in [5.41, 5.74) is 1.09. The molecule has 0 aliphatic heterocycles. The molecule has 0 radical (unpaired) electrons. The van der Waals surface area contributed by atoms with Gasteiger partial charge in [0.25, 0.3) is 5.91 Å². The third-order valence-electron chi connectivity index (χ3n) is 3.34. The summed E-state index contributed by atoms with van der Waals surface area (Å²) in [7, 11) is 1.48. The van der Waals surface area contributed by atoms with Gasteiger partial charge in [-0.1, -0.05) is 17.7 Å². The fraction of sp³-hybridized carbons (Fsp3) is 0.222. The number of hydrogen-bond acceptors (Lipinski definition) is 4. The maximum Gasteiger partial charge on any atom is 0.265 e. The number of nitrogens with one attached hydrogen (secondary N) is 1. The Bertz CT molecular complexity index is 760. The highest BCUT2D eigenvalue weighted by Crippen LogP contribution is 2.29. The Balaban J connectivity index is 2.09. The number of benzene rings is 2. The molecule has 0 aliphatic rings. The quantitative estimate of drug-likeness (QED) is 0.803. The SMILES string of the molecule is COc1cc(C(C)=O)ccc1O[C@@H](C)C(=O)Nc1cccc(Cl)c1. The average molecular weight is 348 g/mol. The third kappa shape index (κ3) is 4.49. The van der Waals surface area contributed by atoms with Gasteiger partial charge in [-0.25, -0.2) is 0 Å². The van der Waals surface area contributed by atoms with Gasteiger partial charge in [-0.3, -0.25) is 9.59 Å². The molecule has 1 amide bonds. The number of methoxy groups -OCH3 is 1. The molecule has 0 bridgehead atoms. The van der Waals surface area contributed by atoms with Crippen molar-refractivity contribution in [1.82, 2.24) is 0 Å². The normalized spacial score (nSPS) is 11.5. The van der Waals surface area contributed by atoms with Crippen LogP contribution in [0.2, 0.25) is 5.02 Å². The monoisotopic (exact) mass is 347 g/mol. The number of rotatable bonds is 6. The van der Waals surface area contributed by atoms with Gasteiger partial charge >= 0.3 is 0 Å². The van der Waals surface area contributed by atoms with Crippen LogP contribution in [0, 0.1) is 0 Å². The van der Waals surface area contributed by atoms with Gasteiger partial charge in [0.1, 0.15) is 0 Å². The predicted molar refractivity (Wildman–Crippen MR) is 93.2 cm³/mol. The fourth-order valence-corrected chi connectivity index (χ4v) is 2.23. The van der Waals surface area contributed by atoms with Crippen molar-refractivity contribution in [3.8, 4) is 11.5 Å². The first kappa shape index (κ1) is 17.8. The van der Waals surface area contributed by atoms with Crippen molar-refractivity contribution in [2.45, 2.75) is 20.0 Å². The Morgan fingerprint density at radius 3 is 2.50 bits per heavy atom. The minimum absolute atomic E-state index is 0.0772. The summed E-state index contributed by atoms with van der Waals surface area (Å²) in [4.78, 5) is 23.6. The minimum Gasteiger partial charge on any atom is -0.493 e. The molecule has 0 aromatic heterocycles. The van der Waals surface area contributed by atoms with E-state index in [-0.39, 0.29) is 11.7 Å². The molecule has 2 rings (SSSR count). The maximum atomic E-state index is 12.2. The highest BCUT2D eigenvalue weighted by molar-refractivity contribution is 6.30. The van der Waals surface area contributed by atoms with E-state index < -0.39 is 6.10 Å². The van der Waals surface area contributed by atoms with E-state index in [1.165, 1.54) is 14.0 Å². The van der Waals surface area contributed by atoms with Crippen molar-refractivity contribution >= 4 is 29.0 Å². The van der Waals surface area contributed by atoms with Crippen LogP contribution in [0.25, 0.3) is 0 Å². The Kier molecular flexibility index (Phi) is 5.82. The molecule has 0 heterocycles. The Labute approximate surface area is 145 Å². The first-order valence-electron chi connectivity index (χ1n) is 7.32. The largest absolute Gasteiger partial charge is 0.493 e.